The molecule has 1 N–H and O–H groups in total. The molecule has 0 spiro atoms. The van der Waals surface area contributed by atoms with Gasteiger partial charge >= 0.3 is 0 Å². The molecule has 2 saturated heterocycles. The van der Waals surface area contributed by atoms with Crippen molar-refractivity contribution in [3.05, 3.63) is 21.9 Å². The van der Waals surface area contributed by atoms with E-state index < -0.39 is 0 Å². The molecular weight excluding hydrogens is 334 g/mol. The van der Waals surface area contributed by atoms with E-state index in [1.54, 1.807) is 18.3 Å². The summed E-state index contributed by atoms with van der Waals surface area (Å²) in [5, 5.41) is 11.6. The Hall–Kier alpha value is -0.790. The lowest BCUT2D eigenvalue weighted by atomic mass is 9.98. The van der Waals surface area contributed by atoms with E-state index in [1.807, 2.05) is 6.07 Å². The quantitative estimate of drug-likeness (QED) is 0.781. The number of thiophene rings is 1. The fourth-order valence-corrected chi connectivity index (χ4v) is 5.00. The van der Waals surface area contributed by atoms with E-state index in [2.05, 4.69) is 27.1 Å². The zero-order valence-electron chi connectivity index (χ0n) is 15.5. The summed E-state index contributed by atoms with van der Waals surface area (Å²) in [5.41, 5.74) is 1.24. The summed E-state index contributed by atoms with van der Waals surface area (Å²) < 4.78 is 0. The number of nitrogens with zero attached hydrogens (tertiary/aromatic N) is 3. The van der Waals surface area contributed by atoms with Crippen molar-refractivity contribution in [1.29, 1.82) is 0 Å². The molecule has 2 fully saturated rings. The SMILES string of the molecule is CC(=O)c1cc(CN2CCN(C3CCN(C)CC3)[C@@H](CCO)C2)cs1. The maximum absolute atomic E-state index is 11.5. The summed E-state index contributed by atoms with van der Waals surface area (Å²) in [6.07, 6.45) is 3.33. The maximum atomic E-state index is 11.5. The van der Waals surface area contributed by atoms with Gasteiger partial charge in [0.15, 0.2) is 5.78 Å². The highest BCUT2D eigenvalue weighted by Crippen LogP contribution is 2.24. The second kappa shape index (κ2) is 8.73. The molecule has 0 radical (unpaired) electrons. The third-order valence-corrected chi connectivity index (χ3v) is 6.72. The summed E-state index contributed by atoms with van der Waals surface area (Å²) in [7, 11) is 2.20. The predicted molar refractivity (Wildman–Crippen MR) is 102 cm³/mol. The molecule has 1 aromatic rings. The number of ketones is 1. The highest BCUT2D eigenvalue weighted by atomic mass is 32.1. The average Bonchev–Trinajstić information content (AvgIpc) is 3.05. The van der Waals surface area contributed by atoms with E-state index in [1.165, 1.54) is 31.5 Å². The Morgan fingerprint density at radius 2 is 2.04 bits per heavy atom. The fourth-order valence-electron chi connectivity index (χ4n) is 4.19. The van der Waals surface area contributed by atoms with Gasteiger partial charge in [-0.05, 0) is 63.3 Å². The van der Waals surface area contributed by atoms with Crippen molar-refractivity contribution in [2.75, 3.05) is 46.4 Å². The number of hydrogen-bond donors (Lipinski definition) is 1. The Balaban J connectivity index is 1.59. The largest absolute Gasteiger partial charge is 0.396 e. The standard InChI is InChI=1S/C19H31N3O2S/c1-15(24)19-11-16(14-25-19)12-21-8-9-22(18(13-21)5-10-23)17-3-6-20(2)7-4-17/h11,14,17-18,23H,3-10,12-13H2,1-2H3/t18-/m0/s1. The molecule has 3 heterocycles. The van der Waals surface area contributed by atoms with Crippen molar-refractivity contribution >= 4 is 17.1 Å². The van der Waals surface area contributed by atoms with E-state index >= 15 is 0 Å². The van der Waals surface area contributed by atoms with Crippen LogP contribution in [0.2, 0.25) is 0 Å². The van der Waals surface area contributed by atoms with Crippen LogP contribution < -0.4 is 0 Å². The lowest BCUT2D eigenvalue weighted by molar-refractivity contribution is 0.00603. The summed E-state index contributed by atoms with van der Waals surface area (Å²) >= 11 is 1.55. The molecule has 2 aliphatic heterocycles. The second-order valence-electron chi connectivity index (χ2n) is 7.55. The van der Waals surface area contributed by atoms with Crippen LogP contribution >= 0.6 is 11.3 Å². The van der Waals surface area contributed by atoms with Crippen LogP contribution in [0.25, 0.3) is 0 Å². The van der Waals surface area contributed by atoms with E-state index in [9.17, 15) is 9.90 Å². The van der Waals surface area contributed by atoms with Crippen molar-refractivity contribution in [1.82, 2.24) is 14.7 Å². The second-order valence-corrected chi connectivity index (χ2v) is 8.46. The number of aliphatic hydroxyl groups excluding tert-OH is 1. The van der Waals surface area contributed by atoms with E-state index in [0.717, 1.165) is 37.5 Å². The molecule has 1 atom stereocenters. The van der Waals surface area contributed by atoms with Crippen LogP contribution in [-0.4, -0.2) is 84.1 Å². The molecule has 25 heavy (non-hydrogen) atoms. The van der Waals surface area contributed by atoms with Crippen molar-refractivity contribution in [2.24, 2.45) is 0 Å². The molecule has 6 heteroatoms. The molecule has 5 nitrogen and oxygen atoms in total. The van der Waals surface area contributed by atoms with Crippen LogP contribution in [0.3, 0.4) is 0 Å². The zero-order chi connectivity index (χ0) is 17.8. The number of carbonyl (C=O) groups is 1. The minimum Gasteiger partial charge on any atom is -0.396 e. The molecule has 0 bridgehead atoms. The molecule has 140 valence electrons. The molecule has 1 aromatic heterocycles. The Bertz CT molecular complexity index is 569. The predicted octanol–water partition coefficient (Wildman–Crippen LogP) is 1.91. The molecular formula is C19H31N3O2S. The van der Waals surface area contributed by atoms with Crippen LogP contribution in [-0.2, 0) is 6.54 Å². The minimum absolute atomic E-state index is 0.154. The van der Waals surface area contributed by atoms with Gasteiger partial charge in [-0.3, -0.25) is 14.6 Å². The molecule has 0 aliphatic carbocycles. The number of piperidine rings is 1. The number of Topliss-reactive ketones (excluding diaryl/α,β-unsaturated/α-hetero) is 1. The summed E-state index contributed by atoms with van der Waals surface area (Å²) in [6, 6.07) is 3.15. The number of piperazine rings is 1. The number of hydrogen-bond acceptors (Lipinski definition) is 6. The zero-order valence-corrected chi connectivity index (χ0v) is 16.3. The van der Waals surface area contributed by atoms with Gasteiger partial charge in [0.25, 0.3) is 0 Å². The number of likely N-dealkylation sites (tertiary alicyclic amines) is 1. The summed E-state index contributed by atoms with van der Waals surface area (Å²) in [6.45, 7) is 8.33. The monoisotopic (exact) mass is 365 g/mol. The van der Waals surface area contributed by atoms with Crippen molar-refractivity contribution in [3.63, 3.8) is 0 Å². The molecule has 3 rings (SSSR count). The maximum Gasteiger partial charge on any atom is 0.169 e. The van der Waals surface area contributed by atoms with Gasteiger partial charge in [0.05, 0.1) is 4.88 Å². The van der Waals surface area contributed by atoms with Crippen LogP contribution in [0.4, 0.5) is 0 Å². The number of carbonyl (C=O) groups excluding carboxylic acids is 1. The van der Waals surface area contributed by atoms with Gasteiger partial charge in [0, 0.05) is 44.9 Å². The van der Waals surface area contributed by atoms with Crippen LogP contribution in [0, 0.1) is 0 Å². The summed E-state index contributed by atoms with van der Waals surface area (Å²) in [4.78, 5) is 19.9. The number of aliphatic hydroxyl groups is 1. The van der Waals surface area contributed by atoms with Gasteiger partial charge in [-0.25, -0.2) is 0 Å². The van der Waals surface area contributed by atoms with Crippen LogP contribution in [0.1, 0.15) is 41.4 Å². The Morgan fingerprint density at radius 3 is 2.68 bits per heavy atom. The highest BCUT2D eigenvalue weighted by molar-refractivity contribution is 7.12. The highest BCUT2D eigenvalue weighted by Gasteiger charge is 2.33. The minimum atomic E-state index is 0.154. The van der Waals surface area contributed by atoms with Crippen molar-refractivity contribution in [3.8, 4) is 0 Å². The third-order valence-electron chi connectivity index (χ3n) is 5.64. The van der Waals surface area contributed by atoms with E-state index in [-0.39, 0.29) is 12.4 Å². The smallest absolute Gasteiger partial charge is 0.169 e. The molecule has 2 aliphatic rings. The first-order valence-electron chi connectivity index (χ1n) is 9.42. The van der Waals surface area contributed by atoms with Gasteiger partial charge in [-0.15, -0.1) is 11.3 Å². The van der Waals surface area contributed by atoms with E-state index in [0.29, 0.717) is 12.1 Å². The van der Waals surface area contributed by atoms with Gasteiger partial charge < -0.3 is 10.0 Å². The average molecular weight is 366 g/mol. The molecule has 0 aromatic carbocycles. The molecule has 0 saturated carbocycles. The topological polar surface area (TPSA) is 47.0 Å². The van der Waals surface area contributed by atoms with Crippen LogP contribution in [0.15, 0.2) is 11.4 Å². The lowest BCUT2D eigenvalue weighted by Gasteiger charge is -2.47. The van der Waals surface area contributed by atoms with Crippen molar-refractivity contribution < 1.29 is 9.90 Å². The van der Waals surface area contributed by atoms with Gasteiger partial charge in [0.2, 0.25) is 0 Å². The first-order valence-corrected chi connectivity index (χ1v) is 10.3. The van der Waals surface area contributed by atoms with Gasteiger partial charge in [-0.2, -0.15) is 0 Å². The summed E-state index contributed by atoms with van der Waals surface area (Å²) in [5.74, 6) is 0.154. The molecule has 0 amide bonds. The fraction of sp³-hybridized carbons (Fsp3) is 0.737. The van der Waals surface area contributed by atoms with Gasteiger partial charge in [-0.1, -0.05) is 0 Å². The van der Waals surface area contributed by atoms with Crippen molar-refractivity contribution in [2.45, 2.75) is 44.8 Å². The van der Waals surface area contributed by atoms with Crippen LogP contribution in [0.5, 0.6) is 0 Å². The Morgan fingerprint density at radius 1 is 1.28 bits per heavy atom. The third kappa shape index (κ3) is 4.89. The first-order chi connectivity index (χ1) is 12.1. The number of rotatable bonds is 6. The lowest BCUT2D eigenvalue weighted by Crippen LogP contribution is -2.58. The van der Waals surface area contributed by atoms with Gasteiger partial charge in [0.1, 0.15) is 0 Å². The normalized spacial score (nSPS) is 24.7. The first kappa shape index (κ1) is 19.0. The Kier molecular flexibility index (Phi) is 6.63. The molecule has 0 unspecified atom stereocenters. The van der Waals surface area contributed by atoms with E-state index in [4.69, 9.17) is 0 Å². The Labute approximate surface area is 155 Å².